The molecule has 1 aliphatic rings. The van der Waals surface area contributed by atoms with Gasteiger partial charge in [0, 0.05) is 6.04 Å². The molecular weight excluding hydrogens is 232 g/mol. The highest BCUT2D eigenvalue weighted by molar-refractivity contribution is 5.28. The Morgan fingerprint density at radius 3 is 2.37 bits per heavy atom. The van der Waals surface area contributed by atoms with Crippen molar-refractivity contribution >= 4 is 0 Å². The summed E-state index contributed by atoms with van der Waals surface area (Å²) in [6, 6.07) is 10.8. The van der Waals surface area contributed by atoms with Gasteiger partial charge in [-0.3, -0.25) is 0 Å². The van der Waals surface area contributed by atoms with Crippen LogP contribution in [0, 0.1) is 17.2 Å². The molecule has 1 aromatic carbocycles. The minimum absolute atomic E-state index is 0.0828. The van der Waals surface area contributed by atoms with Crippen molar-refractivity contribution in [2.24, 2.45) is 11.7 Å². The van der Waals surface area contributed by atoms with Crippen LogP contribution < -0.4 is 5.73 Å². The zero-order valence-electron chi connectivity index (χ0n) is 11.8. The second kappa shape index (κ2) is 6.73. The molecule has 2 heteroatoms. The topological polar surface area (TPSA) is 49.8 Å². The molecule has 1 fully saturated rings. The quantitative estimate of drug-likeness (QED) is 0.874. The largest absolute Gasteiger partial charge is 0.323 e. The number of rotatable bonds is 4. The molecule has 0 amide bonds. The first-order valence-electron chi connectivity index (χ1n) is 7.51. The van der Waals surface area contributed by atoms with Gasteiger partial charge in [0.15, 0.2) is 0 Å². The van der Waals surface area contributed by atoms with Crippen LogP contribution >= 0.6 is 0 Å². The molecule has 0 aromatic heterocycles. The van der Waals surface area contributed by atoms with Crippen molar-refractivity contribution in [3.63, 3.8) is 0 Å². The van der Waals surface area contributed by atoms with Gasteiger partial charge >= 0.3 is 0 Å². The minimum Gasteiger partial charge on any atom is -0.323 e. The molecule has 102 valence electrons. The van der Waals surface area contributed by atoms with Gasteiger partial charge in [-0.1, -0.05) is 50.5 Å². The normalized spacial score (nSPS) is 19.6. The predicted octanol–water partition coefficient (Wildman–Crippen LogP) is 4.28. The van der Waals surface area contributed by atoms with Crippen molar-refractivity contribution in [1.82, 2.24) is 0 Å². The van der Waals surface area contributed by atoms with Crippen LogP contribution in [0.25, 0.3) is 0 Å². The molecule has 0 aliphatic heterocycles. The van der Waals surface area contributed by atoms with Crippen molar-refractivity contribution in [3.8, 4) is 6.07 Å². The summed E-state index contributed by atoms with van der Waals surface area (Å²) in [5.41, 5.74) is 8.70. The van der Waals surface area contributed by atoms with Crippen molar-refractivity contribution < 1.29 is 0 Å². The molecule has 1 aromatic rings. The Labute approximate surface area is 116 Å². The van der Waals surface area contributed by atoms with Crippen LogP contribution in [0.3, 0.4) is 0 Å². The first kappa shape index (κ1) is 14.1. The van der Waals surface area contributed by atoms with E-state index in [1.165, 1.54) is 37.7 Å². The highest BCUT2D eigenvalue weighted by Crippen LogP contribution is 2.33. The summed E-state index contributed by atoms with van der Waals surface area (Å²) in [5.74, 6) is 0.650. The standard InChI is InChI=1S/C17H24N2/c1-2-13(12-18)17(19)16-10-8-15(9-11-16)14-6-4-3-5-7-14/h8-11,13-14,17H,2-7,19H2,1H3. The van der Waals surface area contributed by atoms with Crippen LogP contribution in [-0.4, -0.2) is 0 Å². The lowest BCUT2D eigenvalue weighted by molar-refractivity contribution is 0.443. The van der Waals surface area contributed by atoms with E-state index in [-0.39, 0.29) is 12.0 Å². The van der Waals surface area contributed by atoms with Crippen LogP contribution in [0.4, 0.5) is 0 Å². The van der Waals surface area contributed by atoms with Gasteiger partial charge in [-0.2, -0.15) is 5.26 Å². The van der Waals surface area contributed by atoms with E-state index in [9.17, 15) is 0 Å². The second-order valence-corrected chi connectivity index (χ2v) is 5.67. The molecule has 2 rings (SSSR count). The van der Waals surface area contributed by atoms with E-state index in [1.54, 1.807) is 0 Å². The molecule has 19 heavy (non-hydrogen) atoms. The number of nitriles is 1. The number of nitrogens with zero attached hydrogens (tertiary/aromatic N) is 1. The van der Waals surface area contributed by atoms with Crippen LogP contribution in [-0.2, 0) is 0 Å². The molecule has 2 nitrogen and oxygen atoms in total. The van der Waals surface area contributed by atoms with Crippen molar-refractivity contribution in [2.75, 3.05) is 0 Å². The van der Waals surface area contributed by atoms with E-state index in [0.717, 1.165) is 17.9 Å². The lowest BCUT2D eigenvalue weighted by Crippen LogP contribution is -2.19. The predicted molar refractivity (Wildman–Crippen MR) is 78.6 cm³/mol. The summed E-state index contributed by atoms with van der Waals surface area (Å²) in [6.45, 7) is 2.02. The summed E-state index contributed by atoms with van der Waals surface area (Å²) < 4.78 is 0. The van der Waals surface area contributed by atoms with Gasteiger partial charge in [0.05, 0.1) is 12.0 Å². The fourth-order valence-electron chi connectivity index (χ4n) is 3.08. The summed E-state index contributed by atoms with van der Waals surface area (Å²) >= 11 is 0. The molecular formula is C17H24N2. The Hall–Kier alpha value is -1.33. The lowest BCUT2D eigenvalue weighted by Gasteiger charge is -2.23. The highest BCUT2D eigenvalue weighted by atomic mass is 14.6. The van der Waals surface area contributed by atoms with Gasteiger partial charge < -0.3 is 5.73 Å². The summed E-state index contributed by atoms with van der Waals surface area (Å²) in [4.78, 5) is 0. The van der Waals surface area contributed by atoms with E-state index in [4.69, 9.17) is 11.0 Å². The van der Waals surface area contributed by atoms with E-state index in [0.29, 0.717) is 0 Å². The fourth-order valence-corrected chi connectivity index (χ4v) is 3.08. The smallest absolute Gasteiger partial charge is 0.0675 e. The number of hydrogen-bond acceptors (Lipinski definition) is 2. The van der Waals surface area contributed by atoms with Gasteiger partial charge in [-0.25, -0.2) is 0 Å². The molecule has 0 spiro atoms. The maximum absolute atomic E-state index is 9.09. The zero-order chi connectivity index (χ0) is 13.7. The Morgan fingerprint density at radius 1 is 1.21 bits per heavy atom. The Kier molecular flexibility index (Phi) is 4.99. The van der Waals surface area contributed by atoms with Crippen molar-refractivity contribution in [1.29, 1.82) is 5.26 Å². The Bertz CT molecular complexity index is 424. The molecule has 2 N–H and O–H groups in total. The molecule has 0 radical (unpaired) electrons. The van der Waals surface area contributed by atoms with Gasteiger partial charge in [-0.15, -0.1) is 0 Å². The highest BCUT2D eigenvalue weighted by Gasteiger charge is 2.19. The van der Waals surface area contributed by atoms with E-state index in [2.05, 4.69) is 30.3 Å². The molecule has 1 saturated carbocycles. The average Bonchev–Trinajstić information content (AvgIpc) is 2.49. The van der Waals surface area contributed by atoms with Crippen LogP contribution in [0.1, 0.15) is 68.5 Å². The first-order chi connectivity index (χ1) is 9.26. The average molecular weight is 256 g/mol. The molecule has 0 saturated heterocycles. The van der Waals surface area contributed by atoms with Crippen LogP contribution in [0.5, 0.6) is 0 Å². The summed E-state index contributed by atoms with van der Waals surface area (Å²) in [7, 11) is 0. The summed E-state index contributed by atoms with van der Waals surface area (Å²) in [6.07, 6.45) is 7.56. The third-order valence-corrected chi connectivity index (χ3v) is 4.44. The monoisotopic (exact) mass is 256 g/mol. The molecule has 2 atom stereocenters. The van der Waals surface area contributed by atoms with Crippen LogP contribution in [0.15, 0.2) is 24.3 Å². The maximum atomic E-state index is 9.09. The lowest BCUT2D eigenvalue weighted by atomic mass is 9.83. The van der Waals surface area contributed by atoms with Gasteiger partial charge in [0.25, 0.3) is 0 Å². The van der Waals surface area contributed by atoms with E-state index in [1.807, 2.05) is 6.92 Å². The first-order valence-corrected chi connectivity index (χ1v) is 7.51. The zero-order valence-corrected chi connectivity index (χ0v) is 11.8. The Balaban J connectivity index is 2.07. The number of nitrogens with two attached hydrogens (primary N) is 1. The number of hydrogen-bond donors (Lipinski definition) is 1. The third-order valence-electron chi connectivity index (χ3n) is 4.44. The molecule has 0 bridgehead atoms. The Morgan fingerprint density at radius 2 is 1.84 bits per heavy atom. The third kappa shape index (κ3) is 3.36. The molecule has 1 aliphatic carbocycles. The summed E-state index contributed by atoms with van der Waals surface area (Å²) in [5, 5.41) is 9.09. The minimum atomic E-state index is -0.157. The van der Waals surface area contributed by atoms with Gasteiger partial charge in [0.2, 0.25) is 0 Å². The van der Waals surface area contributed by atoms with E-state index < -0.39 is 0 Å². The number of benzene rings is 1. The van der Waals surface area contributed by atoms with Crippen LogP contribution in [0.2, 0.25) is 0 Å². The maximum Gasteiger partial charge on any atom is 0.0675 e. The van der Waals surface area contributed by atoms with Crippen molar-refractivity contribution in [3.05, 3.63) is 35.4 Å². The second-order valence-electron chi connectivity index (χ2n) is 5.67. The molecule has 0 heterocycles. The van der Waals surface area contributed by atoms with Crippen molar-refractivity contribution in [2.45, 2.75) is 57.4 Å². The fraction of sp³-hybridized carbons (Fsp3) is 0.588. The van der Waals surface area contributed by atoms with Gasteiger partial charge in [-0.05, 0) is 36.3 Å². The van der Waals surface area contributed by atoms with Gasteiger partial charge in [0.1, 0.15) is 0 Å². The molecule has 2 unspecified atom stereocenters. The SMILES string of the molecule is CCC(C#N)C(N)c1ccc(C2CCCCC2)cc1. The van der Waals surface area contributed by atoms with E-state index >= 15 is 0 Å².